The van der Waals surface area contributed by atoms with Crippen LogP contribution in [0.4, 0.5) is 0 Å². The smallest absolute Gasteiger partial charge is 0.249 e. The van der Waals surface area contributed by atoms with Gasteiger partial charge in [0.1, 0.15) is 42.7 Å². The average molecular weight is 643 g/mol. The molecule has 3 aliphatic rings. The maximum absolute atomic E-state index is 12.7. The van der Waals surface area contributed by atoms with Gasteiger partial charge < -0.3 is 93.4 Å². The molecule has 0 radical (unpaired) electrons. The van der Waals surface area contributed by atoms with Crippen LogP contribution < -0.4 is 33.6 Å². The van der Waals surface area contributed by atoms with E-state index >= 15 is 0 Å². The molecule has 18 N–H and O–H groups in total. The monoisotopic (exact) mass is 642 g/mol. The number of aliphatic hydroxyl groups is 8. The van der Waals surface area contributed by atoms with E-state index in [2.05, 4.69) is 10.6 Å². The topological polar surface area (TPSA) is 344 Å². The van der Waals surface area contributed by atoms with E-state index in [-0.39, 0.29) is 38.9 Å². The number of hydrogen-bond donors (Lipinski definition) is 14. The lowest BCUT2D eigenvalue weighted by Gasteiger charge is -2.48. The largest absolute Gasteiger partial charge is 0.394 e. The van der Waals surface area contributed by atoms with E-state index in [0.29, 0.717) is 0 Å². The van der Waals surface area contributed by atoms with E-state index in [1.807, 2.05) is 0 Å². The predicted octanol–water partition coefficient (Wildman–Crippen LogP) is -8.44. The van der Waals surface area contributed by atoms with Gasteiger partial charge in [-0.2, -0.15) is 0 Å². The number of nitrogens with two attached hydrogens (primary N) is 4. The minimum absolute atomic E-state index is 0.0248. The Morgan fingerprint density at radius 1 is 0.886 bits per heavy atom. The molecule has 2 aliphatic heterocycles. The van der Waals surface area contributed by atoms with Gasteiger partial charge in [-0.25, -0.2) is 0 Å². The van der Waals surface area contributed by atoms with Gasteiger partial charge in [0, 0.05) is 19.1 Å². The molecule has 16 atom stereocenters. The van der Waals surface area contributed by atoms with Gasteiger partial charge in [-0.15, -0.1) is 0 Å². The average Bonchev–Trinajstić information content (AvgIpc) is 2.98. The predicted molar refractivity (Wildman–Crippen MR) is 149 cm³/mol. The van der Waals surface area contributed by atoms with Crippen LogP contribution in [-0.2, 0) is 23.7 Å². The highest BCUT2D eigenvalue weighted by Crippen LogP contribution is 2.31. The van der Waals surface area contributed by atoms with Crippen molar-refractivity contribution in [3.63, 3.8) is 0 Å². The normalized spacial score (nSPS) is 42.9. The summed E-state index contributed by atoms with van der Waals surface area (Å²) in [6, 6.07) is -4.14. The summed E-state index contributed by atoms with van der Waals surface area (Å²) in [7, 11) is 0. The molecule has 3 fully saturated rings. The molecule has 258 valence electrons. The Morgan fingerprint density at radius 3 is 2.18 bits per heavy atom. The fourth-order valence-electron chi connectivity index (χ4n) is 5.52. The molecule has 0 bridgehead atoms. The van der Waals surface area contributed by atoms with Crippen molar-refractivity contribution in [2.75, 3.05) is 32.8 Å². The summed E-state index contributed by atoms with van der Waals surface area (Å²) >= 11 is 0. The summed E-state index contributed by atoms with van der Waals surface area (Å²) < 4.78 is 23.4. The molecule has 2 saturated heterocycles. The van der Waals surface area contributed by atoms with Gasteiger partial charge in [0.25, 0.3) is 0 Å². The first-order valence-corrected chi connectivity index (χ1v) is 14.7. The Labute approximate surface area is 254 Å². The van der Waals surface area contributed by atoms with Crippen LogP contribution in [0.3, 0.4) is 0 Å². The van der Waals surface area contributed by atoms with Crippen molar-refractivity contribution >= 4 is 5.91 Å². The second kappa shape index (κ2) is 17.1. The van der Waals surface area contributed by atoms with Crippen molar-refractivity contribution in [2.45, 2.75) is 117 Å². The summed E-state index contributed by atoms with van der Waals surface area (Å²) in [5.41, 5.74) is 23.9. The van der Waals surface area contributed by atoms with E-state index in [1.54, 1.807) is 0 Å². The lowest BCUT2D eigenvalue weighted by atomic mass is 9.83. The Morgan fingerprint density at radius 2 is 1.55 bits per heavy atom. The Hall–Kier alpha value is -1.21. The van der Waals surface area contributed by atoms with Gasteiger partial charge in [-0.1, -0.05) is 0 Å². The van der Waals surface area contributed by atoms with E-state index in [1.165, 1.54) is 0 Å². The van der Waals surface area contributed by atoms with E-state index < -0.39 is 117 Å². The van der Waals surface area contributed by atoms with Crippen molar-refractivity contribution in [1.82, 2.24) is 10.6 Å². The molecular weight excluding hydrogens is 592 g/mol. The number of amides is 1. The number of carbonyl (C=O) groups is 1. The molecule has 19 nitrogen and oxygen atoms in total. The quantitative estimate of drug-likeness (QED) is 0.0836. The SMILES string of the molecule is NCC[C@H](O)C(=O)N[C@@H]1C[C@H](N)[C@@H](O[C@H]2O[C@H](CNCC(O)CO)[C@@H](O)C[C@H]2N)[C@H](O)[C@H]1O[C@H]1O[C@H](CO)[C@@H](O)[C@H](N)[C@H]1O. The highest BCUT2D eigenvalue weighted by atomic mass is 16.7. The first-order valence-electron chi connectivity index (χ1n) is 14.7. The third-order valence-electron chi connectivity index (χ3n) is 8.15. The van der Waals surface area contributed by atoms with Crippen LogP contribution in [-0.4, -0.2) is 177 Å². The zero-order chi connectivity index (χ0) is 32.7. The summed E-state index contributed by atoms with van der Waals surface area (Å²) in [5, 5.41) is 86.6. The molecule has 1 aliphatic carbocycles. The molecule has 1 unspecified atom stereocenters. The Balaban J connectivity index is 1.79. The zero-order valence-corrected chi connectivity index (χ0v) is 24.3. The molecule has 0 aromatic carbocycles. The van der Waals surface area contributed by atoms with Crippen LogP contribution in [0.5, 0.6) is 0 Å². The van der Waals surface area contributed by atoms with Crippen LogP contribution in [0.25, 0.3) is 0 Å². The molecule has 3 rings (SSSR count). The lowest BCUT2D eigenvalue weighted by Crippen LogP contribution is -2.69. The van der Waals surface area contributed by atoms with Crippen LogP contribution >= 0.6 is 0 Å². The molecule has 2 heterocycles. The van der Waals surface area contributed by atoms with Crippen LogP contribution in [0.15, 0.2) is 0 Å². The van der Waals surface area contributed by atoms with Gasteiger partial charge in [-0.3, -0.25) is 4.79 Å². The zero-order valence-electron chi connectivity index (χ0n) is 24.3. The first kappa shape index (κ1) is 37.2. The first-order chi connectivity index (χ1) is 20.8. The maximum atomic E-state index is 12.7. The Kier molecular flexibility index (Phi) is 14.5. The summed E-state index contributed by atoms with van der Waals surface area (Å²) in [6.45, 7) is -0.983. The van der Waals surface area contributed by atoms with Crippen molar-refractivity contribution in [3.05, 3.63) is 0 Å². The fourth-order valence-corrected chi connectivity index (χ4v) is 5.52. The molecule has 0 aromatic rings. The van der Waals surface area contributed by atoms with E-state index in [9.17, 15) is 40.5 Å². The molecule has 1 saturated carbocycles. The second-order valence-corrected chi connectivity index (χ2v) is 11.6. The van der Waals surface area contributed by atoms with Gasteiger partial charge >= 0.3 is 0 Å². The molecule has 0 aromatic heterocycles. The van der Waals surface area contributed by atoms with E-state index in [4.69, 9.17) is 47.0 Å². The molecular formula is C25H50N6O13. The van der Waals surface area contributed by atoms with Crippen molar-refractivity contribution < 1.29 is 64.6 Å². The number of rotatable bonds is 14. The van der Waals surface area contributed by atoms with Gasteiger partial charge in [0.05, 0.1) is 49.7 Å². The van der Waals surface area contributed by atoms with Gasteiger partial charge in [-0.05, 0) is 25.8 Å². The third kappa shape index (κ3) is 9.20. The highest BCUT2D eigenvalue weighted by molar-refractivity contribution is 5.80. The van der Waals surface area contributed by atoms with Crippen molar-refractivity contribution in [1.29, 1.82) is 0 Å². The van der Waals surface area contributed by atoms with Crippen molar-refractivity contribution in [2.24, 2.45) is 22.9 Å². The Bertz CT molecular complexity index is 882. The van der Waals surface area contributed by atoms with Crippen LogP contribution in [0, 0.1) is 0 Å². The van der Waals surface area contributed by atoms with Crippen LogP contribution in [0.2, 0.25) is 0 Å². The minimum atomic E-state index is -1.62. The molecule has 44 heavy (non-hydrogen) atoms. The van der Waals surface area contributed by atoms with Gasteiger partial charge in [0.2, 0.25) is 5.91 Å². The summed E-state index contributed by atoms with van der Waals surface area (Å²) in [6.07, 6.45) is -15.6. The van der Waals surface area contributed by atoms with Crippen LogP contribution in [0.1, 0.15) is 19.3 Å². The number of carbonyl (C=O) groups excluding carboxylic acids is 1. The minimum Gasteiger partial charge on any atom is -0.394 e. The third-order valence-corrected chi connectivity index (χ3v) is 8.15. The van der Waals surface area contributed by atoms with Crippen molar-refractivity contribution in [3.8, 4) is 0 Å². The lowest BCUT2D eigenvalue weighted by molar-refractivity contribution is -0.316. The number of hydrogen-bond acceptors (Lipinski definition) is 18. The molecule has 19 heteroatoms. The number of ether oxygens (including phenoxy) is 4. The maximum Gasteiger partial charge on any atom is 0.249 e. The standard InChI is InChI=1S/C25H50N6O13/c26-2-1-13(35)23(40)31-12-3-10(27)21(20(39)22(12)44-25-19(38)17(29)18(37)16(8-33)42-25)43-24-11(28)4-14(36)15(41-24)6-30-5-9(34)7-32/h9-22,24-25,30,32-39H,1-8,26-29H2,(H,31,40)/t9?,10-,11+,12+,13-,14-,15+,16+,17-,18+,19+,20-,21+,22-,24+,25+/m0/s1. The molecule has 0 spiro atoms. The van der Waals surface area contributed by atoms with Gasteiger partial charge in [0.15, 0.2) is 12.6 Å². The molecule has 1 amide bonds. The number of aliphatic hydroxyl groups excluding tert-OH is 8. The highest BCUT2D eigenvalue weighted by Gasteiger charge is 2.51. The summed E-state index contributed by atoms with van der Waals surface area (Å²) in [5.74, 6) is -0.813. The fraction of sp³-hybridized carbons (Fsp3) is 0.960. The summed E-state index contributed by atoms with van der Waals surface area (Å²) in [4.78, 5) is 12.7. The second-order valence-electron chi connectivity index (χ2n) is 11.6. The number of nitrogens with one attached hydrogen (secondary N) is 2. The van der Waals surface area contributed by atoms with E-state index in [0.717, 1.165) is 0 Å².